The average molecular weight is 366 g/mol. The van der Waals surface area contributed by atoms with Crippen LogP contribution in [0.3, 0.4) is 0 Å². The van der Waals surface area contributed by atoms with Crippen LogP contribution in [-0.2, 0) is 11.8 Å². The Kier molecular flexibility index (Phi) is 3.97. The second-order valence-electron chi connectivity index (χ2n) is 7.44. The van der Waals surface area contributed by atoms with Crippen molar-refractivity contribution in [3.8, 4) is 17.2 Å². The van der Waals surface area contributed by atoms with Crippen molar-refractivity contribution in [2.45, 2.75) is 31.1 Å². The number of methoxy groups -OCH3 is 1. The zero-order valence-electron chi connectivity index (χ0n) is 15.3. The number of aromatic nitrogens is 3. The normalized spacial score (nSPS) is 24.3. The fourth-order valence-electron chi connectivity index (χ4n) is 4.45. The molecule has 3 aromatic rings. The van der Waals surface area contributed by atoms with Crippen molar-refractivity contribution in [1.82, 2.24) is 20.4 Å². The minimum absolute atomic E-state index is 0.0311. The smallest absolute Gasteiger partial charge is 0.234 e. The summed E-state index contributed by atoms with van der Waals surface area (Å²) in [5.41, 5.74) is 1.72. The zero-order chi connectivity index (χ0) is 18.3. The van der Waals surface area contributed by atoms with E-state index in [2.05, 4.69) is 15.5 Å². The third-order valence-corrected chi connectivity index (χ3v) is 5.91. The van der Waals surface area contributed by atoms with Gasteiger partial charge in [-0.25, -0.2) is 4.98 Å². The van der Waals surface area contributed by atoms with E-state index < -0.39 is 0 Å². The highest BCUT2D eigenvalue weighted by Crippen LogP contribution is 2.47. The molecule has 1 aliphatic carbocycles. The maximum Gasteiger partial charge on any atom is 0.234 e. The lowest BCUT2D eigenvalue weighted by molar-refractivity contribution is 0.264. The first-order valence-corrected chi connectivity index (χ1v) is 9.39. The van der Waals surface area contributed by atoms with Crippen molar-refractivity contribution in [3.63, 3.8) is 0 Å². The summed E-state index contributed by atoms with van der Waals surface area (Å²) in [6.07, 6.45) is 5.75. The van der Waals surface area contributed by atoms with E-state index in [1.54, 1.807) is 13.4 Å². The molecule has 1 saturated carbocycles. The summed E-state index contributed by atoms with van der Waals surface area (Å²) >= 11 is 0. The molecule has 27 heavy (non-hydrogen) atoms. The predicted octanol–water partition coefficient (Wildman–Crippen LogP) is 2.97. The molecule has 0 spiro atoms. The molecule has 0 bridgehead atoms. The molecule has 140 valence electrons. The van der Waals surface area contributed by atoms with E-state index in [9.17, 15) is 0 Å². The fourth-order valence-corrected chi connectivity index (χ4v) is 4.45. The second kappa shape index (κ2) is 6.49. The Balaban J connectivity index is 1.33. The van der Waals surface area contributed by atoms with Crippen LogP contribution in [0.25, 0.3) is 11.5 Å². The van der Waals surface area contributed by atoms with Crippen molar-refractivity contribution >= 4 is 0 Å². The topological polar surface area (TPSA) is 86.2 Å². The van der Waals surface area contributed by atoms with Gasteiger partial charge in [0.1, 0.15) is 12.0 Å². The molecule has 0 amide bonds. The Morgan fingerprint density at radius 2 is 2.15 bits per heavy atom. The maximum absolute atomic E-state index is 5.67. The molecule has 1 N–H and O–H groups in total. The van der Waals surface area contributed by atoms with Gasteiger partial charge in [0.25, 0.3) is 0 Å². The van der Waals surface area contributed by atoms with Gasteiger partial charge in [-0.15, -0.1) is 0 Å². The second-order valence-corrected chi connectivity index (χ2v) is 7.44. The van der Waals surface area contributed by atoms with Crippen LogP contribution in [0.2, 0.25) is 0 Å². The lowest BCUT2D eigenvalue weighted by atomic mass is 9.80. The van der Waals surface area contributed by atoms with Gasteiger partial charge in [-0.3, -0.25) is 0 Å². The predicted molar refractivity (Wildman–Crippen MR) is 97.5 cm³/mol. The number of rotatable bonds is 5. The summed E-state index contributed by atoms with van der Waals surface area (Å²) in [4.78, 5) is 9.27. The van der Waals surface area contributed by atoms with Crippen LogP contribution in [0.15, 0.2) is 39.5 Å². The Morgan fingerprint density at radius 1 is 1.26 bits per heavy atom. The number of hydrogen-bond donors (Lipinski definition) is 1. The Bertz CT molecular complexity index is 921. The van der Waals surface area contributed by atoms with Crippen LogP contribution in [0, 0.1) is 5.92 Å². The molecule has 1 saturated heterocycles. The number of ether oxygens (including phenoxy) is 1. The van der Waals surface area contributed by atoms with Gasteiger partial charge >= 0.3 is 0 Å². The van der Waals surface area contributed by atoms with Gasteiger partial charge in [0.05, 0.1) is 24.6 Å². The van der Waals surface area contributed by atoms with Crippen LogP contribution in [0.1, 0.15) is 36.7 Å². The van der Waals surface area contributed by atoms with Gasteiger partial charge in [-0.05, 0) is 49.6 Å². The summed E-state index contributed by atoms with van der Waals surface area (Å²) in [6, 6.07) is 7.62. The van der Waals surface area contributed by atoms with Gasteiger partial charge in [0.15, 0.2) is 5.82 Å². The van der Waals surface area contributed by atoms with Crippen LogP contribution in [0.5, 0.6) is 5.75 Å². The van der Waals surface area contributed by atoms with Crippen molar-refractivity contribution in [2.75, 3.05) is 20.2 Å². The Morgan fingerprint density at radius 3 is 3.00 bits per heavy atom. The van der Waals surface area contributed by atoms with Crippen molar-refractivity contribution in [1.29, 1.82) is 0 Å². The molecule has 1 aromatic carbocycles. The maximum atomic E-state index is 5.67. The SMILES string of the molecule is COc1ccc(-c2nc(Cc3noc([C@@]45CCC[C@@H]4CNC5)n3)co2)cc1. The monoisotopic (exact) mass is 366 g/mol. The zero-order valence-corrected chi connectivity index (χ0v) is 15.3. The van der Waals surface area contributed by atoms with Gasteiger partial charge < -0.3 is 19.0 Å². The largest absolute Gasteiger partial charge is 0.497 e. The van der Waals surface area contributed by atoms with Crippen molar-refractivity contribution < 1.29 is 13.7 Å². The number of benzene rings is 1. The number of fused-ring (bicyclic) bond motifs is 1. The lowest BCUT2D eigenvalue weighted by Gasteiger charge is -2.22. The number of nitrogens with zero attached hydrogens (tertiary/aromatic N) is 3. The third-order valence-electron chi connectivity index (χ3n) is 5.91. The van der Waals surface area contributed by atoms with E-state index >= 15 is 0 Å². The van der Waals surface area contributed by atoms with Gasteiger partial charge in [-0.2, -0.15) is 4.98 Å². The molecular weight excluding hydrogens is 344 g/mol. The summed E-state index contributed by atoms with van der Waals surface area (Å²) in [5, 5.41) is 7.69. The highest BCUT2D eigenvalue weighted by atomic mass is 16.5. The molecule has 1 aliphatic heterocycles. The van der Waals surface area contributed by atoms with Crippen molar-refractivity contribution in [2.24, 2.45) is 5.92 Å². The Labute approximate surface area is 157 Å². The molecule has 2 aromatic heterocycles. The van der Waals surface area contributed by atoms with E-state index in [0.29, 0.717) is 24.1 Å². The lowest BCUT2D eigenvalue weighted by Crippen LogP contribution is -2.31. The molecular formula is C20H22N4O3. The van der Waals surface area contributed by atoms with E-state index in [0.717, 1.165) is 42.4 Å². The summed E-state index contributed by atoms with van der Waals surface area (Å²) in [6.45, 7) is 1.98. The van der Waals surface area contributed by atoms with Gasteiger partial charge in [0, 0.05) is 12.1 Å². The van der Waals surface area contributed by atoms with Crippen molar-refractivity contribution in [3.05, 3.63) is 47.9 Å². The Hall–Kier alpha value is -2.67. The van der Waals surface area contributed by atoms with Crippen LogP contribution in [0.4, 0.5) is 0 Å². The number of oxazole rings is 1. The van der Waals surface area contributed by atoms with Crippen LogP contribution >= 0.6 is 0 Å². The minimum Gasteiger partial charge on any atom is -0.497 e. The summed E-state index contributed by atoms with van der Waals surface area (Å²) in [5.74, 6) is 3.43. The van der Waals surface area contributed by atoms with Gasteiger partial charge in [-0.1, -0.05) is 11.6 Å². The molecule has 7 heteroatoms. The molecule has 0 unspecified atom stereocenters. The highest BCUT2D eigenvalue weighted by Gasteiger charge is 2.51. The van der Waals surface area contributed by atoms with E-state index in [1.165, 1.54) is 12.8 Å². The molecule has 5 rings (SSSR count). The van der Waals surface area contributed by atoms with Crippen LogP contribution in [-0.4, -0.2) is 35.3 Å². The summed E-state index contributed by atoms with van der Waals surface area (Å²) < 4.78 is 16.5. The molecule has 0 radical (unpaired) electrons. The molecule has 2 aliphatic rings. The van der Waals surface area contributed by atoms with E-state index in [-0.39, 0.29) is 5.41 Å². The number of hydrogen-bond acceptors (Lipinski definition) is 7. The summed E-state index contributed by atoms with van der Waals surface area (Å²) in [7, 11) is 1.65. The average Bonchev–Trinajstić information content (AvgIpc) is 3.45. The molecule has 3 heterocycles. The first-order chi connectivity index (χ1) is 13.3. The number of nitrogens with one attached hydrogen (secondary N) is 1. The van der Waals surface area contributed by atoms with E-state index in [4.69, 9.17) is 18.7 Å². The van der Waals surface area contributed by atoms with Gasteiger partial charge in [0.2, 0.25) is 11.8 Å². The fraction of sp³-hybridized carbons (Fsp3) is 0.450. The first-order valence-electron chi connectivity index (χ1n) is 9.39. The highest BCUT2D eigenvalue weighted by molar-refractivity contribution is 5.54. The minimum atomic E-state index is 0.0311. The molecule has 2 fully saturated rings. The molecule has 2 atom stereocenters. The first kappa shape index (κ1) is 16.5. The van der Waals surface area contributed by atoms with E-state index in [1.807, 2.05) is 24.3 Å². The quantitative estimate of drug-likeness (QED) is 0.743. The standard InChI is InChI=1S/C20H22N4O3/c1-25-16-6-4-13(5-7-16)18-22-15(11-26-18)9-17-23-19(27-24-17)20-8-2-3-14(20)10-21-12-20/h4-7,11,14,21H,2-3,8-10,12H2,1H3/t14-,20-/m1/s1. The third kappa shape index (κ3) is 2.82. The molecule has 7 nitrogen and oxygen atoms in total. The van der Waals surface area contributed by atoms with Crippen LogP contribution < -0.4 is 10.1 Å².